The minimum atomic E-state index is -1.44. The van der Waals surface area contributed by atoms with Crippen molar-refractivity contribution in [1.29, 1.82) is 0 Å². The molecule has 4 aliphatic heterocycles. The Morgan fingerprint density at radius 2 is 2.27 bits per heavy atom. The number of anilines is 1. The van der Waals surface area contributed by atoms with Gasteiger partial charge in [0.25, 0.3) is 10.9 Å². The topological polar surface area (TPSA) is 199 Å². The number of nitrogen functional groups attached to an aromatic ring is 1. The van der Waals surface area contributed by atoms with Crippen LogP contribution in [-0.4, -0.2) is 110 Å². The Hall–Kier alpha value is -3.58. The van der Waals surface area contributed by atoms with Gasteiger partial charge in [-0.05, 0) is 0 Å². The smallest absolute Gasteiger partial charge is 0.278 e. The van der Waals surface area contributed by atoms with Gasteiger partial charge in [-0.1, -0.05) is 5.16 Å². The molecule has 4 aliphatic rings. The van der Waals surface area contributed by atoms with Crippen LogP contribution in [0.5, 0.6) is 0 Å². The van der Waals surface area contributed by atoms with Crippen molar-refractivity contribution in [2.75, 3.05) is 50.8 Å². The maximum atomic E-state index is 13.1. The number of nitrogens with one attached hydrogen (secondary N) is 2. The van der Waals surface area contributed by atoms with Gasteiger partial charge in [0.15, 0.2) is 11.0 Å². The number of nitrogens with two attached hydrogens (primary N) is 1. The van der Waals surface area contributed by atoms with Crippen LogP contribution in [0, 0.1) is 5.41 Å². The van der Waals surface area contributed by atoms with Gasteiger partial charge in [-0.25, -0.2) is 4.39 Å². The predicted molar refractivity (Wildman–Crippen MR) is 142 cm³/mol. The number of fused-ring (bicyclic) bond motifs is 2. The fourth-order valence-corrected chi connectivity index (χ4v) is 8.16. The number of hydrogen-bond donors (Lipinski definition) is 3. The number of rotatable bonds is 11. The van der Waals surface area contributed by atoms with E-state index in [2.05, 4.69) is 25.1 Å². The lowest BCUT2D eigenvalue weighted by Crippen LogP contribution is -2.75. The van der Waals surface area contributed by atoms with Gasteiger partial charge in [0, 0.05) is 30.4 Å². The number of thioether (sulfide) groups is 1. The Kier molecular flexibility index (Phi) is 7.78. The second-order valence-electron chi connectivity index (χ2n) is 9.17. The second kappa shape index (κ2) is 11.1. The predicted octanol–water partition coefficient (Wildman–Crippen LogP) is -2.87. The van der Waals surface area contributed by atoms with E-state index < -0.39 is 47.9 Å². The molecule has 2 fully saturated rings. The van der Waals surface area contributed by atoms with Crippen LogP contribution in [0.4, 0.5) is 9.52 Å². The summed E-state index contributed by atoms with van der Waals surface area (Å²) in [6.45, 7) is -1.04. The van der Waals surface area contributed by atoms with Crippen LogP contribution in [0.15, 0.2) is 27.6 Å². The van der Waals surface area contributed by atoms with Crippen LogP contribution >= 0.6 is 23.3 Å². The number of carboxylic acid groups (broad SMARTS) is 1. The first kappa shape index (κ1) is 28.0. The van der Waals surface area contributed by atoms with Gasteiger partial charge in [-0.3, -0.25) is 19.3 Å². The van der Waals surface area contributed by atoms with E-state index in [1.807, 2.05) is 22.8 Å². The number of aliphatic carboxylic acids is 1. The number of alkyl halides is 1. The SMILES string of the molecule is C[S+]1C=CN2CN(CC3(C(=O)[O-])CS[C@@H]4[C@H](NC(=O)C(=NOCCF)c5nsc(N)n5)C(=O)N4C3)C(NC=O)=C21. The van der Waals surface area contributed by atoms with Crippen molar-refractivity contribution >= 4 is 69.2 Å². The first-order chi connectivity index (χ1) is 19.2. The van der Waals surface area contributed by atoms with Crippen LogP contribution in [-0.2, 0) is 34.9 Å². The zero-order chi connectivity index (χ0) is 28.6. The Morgan fingerprint density at radius 1 is 1.48 bits per heavy atom. The molecule has 5 rings (SSSR count). The first-order valence-electron chi connectivity index (χ1n) is 11.8. The summed E-state index contributed by atoms with van der Waals surface area (Å²) in [6, 6.07) is -0.974. The standard InChI is InChI=1S/C21H24FN9O6S3/c1-40-5-3-29-10-30(14(18(29)40)24-9-32)6-21(19(35)36)7-31-16(34)12(17(31)38-8-21)25-15(33)11(27-37-4-2-22)13-26-20(23)39-28-13/h3,5,9,12,17H,2,4,6-8,10H2,1H3,(H4-,23,24,25,26,28,32,33,35,36)/t12-,17-,21?,40?/m1/s1. The molecule has 0 bridgehead atoms. The van der Waals surface area contributed by atoms with Gasteiger partial charge < -0.3 is 40.9 Å². The van der Waals surface area contributed by atoms with E-state index in [4.69, 9.17) is 10.6 Å². The van der Waals surface area contributed by atoms with Crippen molar-refractivity contribution in [2.45, 2.75) is 11.4 Å². The Bertz CT molecular complexity index is 1320. The zero-order valence-electron chi connectivity index (χ0n) is 20.9. The first-order valence-corrected chi connectivity index (χ1v) is 15.3. The average Bonchev–Trinajstić information content (AvgIpc) is 3.62. The number of oxime groups is 1. The van der Waals surface area contributed by atoms with Crippen molar-refractivity contribution in [1.82, 2.24) is 34.7 Å². The molecule has 214 valence electrons. The molecule has 4 N–H and O–H groups in total. The summed E-state index contributed by atoms with van der Waals surface area (Å²) in [6.07, 6.45) is 4.44. The lowest BCUT2D eigenvalue weighted by Gasteiger charge is -2.55. The number of carboxylic acids is 1. The van der Waals surface area contributed by atoms with E-state index in [0.29, 0.717) is 18.9 Å². The highest BCUT2D eigenvalue weighted by atomic mass is 32.2. The molecular formula is C21H24FN9O6S3. The maximum Gasteiger partial charge on any atom is 0.278 e. The van der Waals surface area contributed by atoms with Crippen LogP contribution < -0.4 is 21.5 Å². The van der Waals surface area contributed by atoms with E-state index in [1.54, 1.807) is 4.90 Å². The van der Waals surface area contributed by atoms with E-state index in [9.17, 15) is 28.7 Å². The molecule has 0 radical (unpaired) electrons. The molecule has 2 unspecified atom stereocenters. The number of nitrogens with zero attached hydrogens (tertiary/aromatic N) is 6. The van der Waals surface area contributed by atoms with E-state index in [-0.39, 0.29) is 46.4 Å². The van der Waals surface area contributed by atoms with Crippen molar-refractivity contribution < 1.29 is 33.5 Å². The fourth-order valence-electron chi connectivity index (χ4n) is 4.76. The summed E-state index contributed by atoms with van der Waals surface area (Å²) in [5, 5.41) is 23.8. The summed E-state index contributed by atoms with van der Waals surface area (Å²) >= 11 is 2.01. The summed E-state index contributed by atoms with van der Waals surface area (Å²) < 4.78 is 16.4. The summed E-state index contributed by atoms with van der Waals surface area (Å²) in [7, 11) is -0.262. The highest BCUT2D eigenvalue weighted by Gasteiger charge is 2.57. The number of hydrogen-bond acceptors (Lipinski definition) is 14. The van der Waals surface area contributed by atoms with Gasteiger partial charge in [-0.15, -0.1) is 11.8 Å². The lowest BCUT2D eigenvalue weighted by atomic mass is 9.86. The third-order valence-electron chi connectivity index (χ3n) is 6.60. The summed E-state index contributed by atoms with van der Waals surface area (Å²) in [5.41, 5.74) is 3.78. The molecule has 0 saturated carbocycles. The molecule has 1 aromatic heterocycles. The van der Waals surface area contributed by atoms with E-state index >= 15 is 0 Å². The molecule has 0 aliphatic carbocycles. The number of aromatic nitrogens is 2. The minimum Gasteiger partial charge on any atom is -0.549 e. The second-order valence-corrected chi connectivity index (χ2v) is 12.8. The van der Waals surface area contributed by atoms with Crippen molar-refractivity contribution in [3.63, 3.8) is 0 Å². The van der Waals surface area contributed by atoms with E-state index in [0.717, 1.165) is 16.6 Å². The minimum absolute atomic E-state index is 0.00327. The number of halogens is 1. The normalized spacial score (nSPS) is 27.4. The summed E-state index contributed by atoms with van der Waals surface area (Å²) in [4.78, 5) is 63.7. The number of amides is 3. The molecule has 4 atom stereocenters. The quantitative estimate of drug-likeness (QED) is 0.0577. The van der Waals surface area contributed by atoms with Gasteiger partial charge in [0.2, 0.25) is 23.9 Å². The molecule has 19 heteroatoms. The van der Waals surface area contributed by atoms with Crippen molar-refractivity contribution in [3.05, 3.63) is 28.3 Å². The zero-order valence-corrected chi connectivity index (χ0v) is 23.4. The molecule has 0 aromatic carbocycles. The van der Waals surface area contributed by atoms with Crippen LogP contribution in [0.25, 0.3) is 0 Å². The van der Waals surface area contributed by atoms with Gasteiger partial charge in [0.1, 0.15) is 43.0 Å². The van der Waals surface area contributed by atoms with Gasteiger partial charge in [-0.2, -0.15) is 9.36 Å². The molecule has 1 aromatic rings. The van der Waals surface area contributed by atoms with E-state index in [1.165, 1.54) is 16.7 Å². The third kappa shape index (κ3) is 4.92. The van der Waals surface area contributed by atoms with Crippen LogP contribution in [0.2, 0.25) is 0 Å². The molecule has 0 spiro atoms. The maximum absolute atomic E-state index is 13.1. The number of carbonyl (C=O) groups is 4. The molecule has 40 heavy (non-hydrogen) atoms. The largest absolute Gasteiger partial charge is 0.549 e. The summed E-state index contributed by atoms with van der Waals surface area (Å²) in [5.74, 6) is -2.16. The van der Waals surface area contributed by atoms with Crippen molar-refractivity contribution in [2.24, 2.45) is 10.6 Å². The molecule has 5 heterocycles. The van der Waals surface area contributed by atoms with Gasteiger partial charge >= 0.3 is 0 Å². The fraction of sp³-hybridized carbons (Fsp3) is 0.476. The Labute approximate surface area is 238 Å². The van der Waals surface area contributed by atoms with Crippen molar-refractivity contribution in [3.8, 4) is 0 Å². The Morgan fingerprint density at radius 3 is 2.95 bits per heavy atom. The van der Waals surface area contributed by atoms with Crippen LogP contribution in [0.1, 0.15) is 5.82 Å². The van der Waals surface area contributed by atoms with Crippen LogP contribution in [0.3, 0.4) is 0 Å². The molecule has 2 saturated heterocycles. The lowest BCUT2D eigenvalue weighted by molar-refractivity contribution is -0.319. The molecular weight excluding hydrogens is 589 g/mol. The number of β-lactam (4-membered cyclic amide) rings is 1. The average molecular weight is 614 g/mol. The Balaban J connectivity index is 1.29. The molecule has 15 nitrogen and oxygen atoms in total. The monoisotopic (exact) mass is 613 g/mol. The highest BCUT2D eigenvalue weighted by Crippen LogP contribution is 2.44. The number of carbonyl (C=O) groups excluding carboxylic acids is 4. The molecule has 3 amide bonds. The third-order valence-corrected chi connectivity index (χ3v) is 10.3. The highest BCUT2D eigenvalue weighted by molar-refractivity contribution is 8.02. The van der Waals surface area contributed by atoms with Gasteiger partial charge in [0.05, 0.1) is 28.5 Å².